The number of hydrogen-bond donors (Lipinski definition) is 1. The Morgan fingerprint density at radius 1 is 1.62 bits per heavy atom. The molecule has 2 N–H and O–H groups in total. The fourth-order valence-corrected chi connectivity index (χ4v) is 1.79. The zero-order valence-corrected chi connectivity index (χ0v) is 9.76. The Bertz CT molecular complexity index is 352. The SMILES string of the molecule is C=CCN(c1ccc(C(C)N)cn1)C1CC1. The Balaban J connectivity index is 2.14. The van der Waals surface area contributed by atoms with Crippen molar-refractivity contribution < 1.29 is 0 Å². The molecule has 2 rings (SSSR count). The predicted molar refractivity (Wildman–Crippen MR) is 67.4 cm³/mol. The molecule has 1 aliphatic carbocycles. The van der Waals surface area contributed by atoms with Crippen molar-refractivity contribution in [1.82, 2.24) is 4.98 Å². The molecule has 3 heteroatoms. The molecular formula is C13H19N3. The Morgan fingerprint density at radius 3 is 2.81 bits per heavy atom. The highest BCUT2D eigenvalue weighted by atomic mass is 15.2. The van der Waals surface area contributed by atoms with Crippen LogP contribution in [0.15, 0.2) is 31.0 Å². The molecule has 0 spiro atoms. The second kappa shape index (κ2) is 4.66. The van der Waals surface area contributed by atoms with Crippen LogP contribution in [0.5, 0.6) is 0 Å². The minimum Gasteiger partial charge on any atom is -0.350 e. The van der Waals surface area contributed by atoms with Gasteiger partial charge >= 0.3 is 0 Å². The van der Waals surface area contributed by atoms with E-state index in [9.17, 15) is 0 Å². The van der Waals surface area contributed by atoms with Crippen LogP contribution in [0.3, 0.4) is 0 Å². The number of anilines is 1. The Hall–Kier alpha value is -1.35. The monoisotopic (exact) mass is 217 g/mol. The lowest BCUT2D eigenvalue weighted by Gasteiger charge is -2.22. The van der Waals surface area contributed by atoms with Crippen LogP contribution >= 0.6 is 0 Å². The molecule has 16 heavy (non-hydrogen) atoms. The lowest BCUT2D eigenvalue weighted by Crippen LogP contribution is -2.26. The maximum Gasteiger partial charge on any atom is 0.129 e. The van der Waals surface area contributed by atoms with E-state index in [-0.39, 0.29) is 6.04 Å². The standard InChI is InChI=1S/C13H19N3/c1-3-8-16(12-5-6-12)13-7-4-11(9-15-13)10(2)14/h3-4,7,9-10,12H,1,5-6,8,14H2,2H3. The first-order valence-corrected chi connectivity index (χ1v) is 5.81. The van der Waals surface area contributed by atoms with Crippen molar-refractivity contribution in [3.05, 3.63) is 36.5 Å². The minimum absolute atomic E-state index is 0.0512. The number of nitrogens with two attached hydrogens (primary N) is 1. The van der Waals surface area contributed by atoms with Crippen molar-refractivity contribution in [2.75, 3.05) is 11.4 Å². The predicted octanol–water partition coefficient (Wildman–Crippen LogP) is 2.26. The average Bonchev–Trinajstić information content (AvgIpc) is 3.10. The van der Waals surface area contributed by atoms with Gasteiger partial charge in [-0.05, 0) is 31.4 Å². The van der Waals surface area contributed by atoms with Crippen LogP contribution in [-0.4, -0.2) is 17.6 Å². The maximum atomic E-state index is 5.80. The van der Waals surface area contributed by atoms with Gasteiger partial charge in [-0.3, -0.25) is 0 Å². The molecule has 1 heterocycles. The van der Waals surface area contributed by atoms with Gasteiger partial charge in [-0.25, -0.2) is 4.98 Å². The third-order valence-electron chi connectivity index (χ3n) is 2.90. The van der Waals surface area contributed by atoms with Crippen molar-refractivity contribution in [2.45, 2.75) is 31.8 Å². The van der Waals surface area contributed by atoms with E-state index in [1.165, 1.54) is 12.8 Å². The van der Waals surface area contributed by atoms with Crippen LogP contribution in [-0.2, 0) is 0 Å². The number of pyridine rings is 1. The van der Waals surface area contributed by atoms with Crippen molar-refractivity contribution in [1.29, 1.82) is 0 Å². The molecule has 0 radical (unpaired) electrons. The van der Waals surface area contributed by atoms with E-state index in [2.05, 4.69) is 28.6 Å². The molecule has 1 fully saturated rings. The highest BCUT2D eigenvalue weighted by Crippen LogP contribution is 2.30. The highest BCUT2D eigenvalue weighted by Gasteiger charge is 2.29. The van der Waals surface area contributed by atoms with Gasteiger partial charge in [-0.2, -0.15) is 0 Å². The largest absolute Gasteiger partial charge is 0.350 e. The molecule has 1 aromatic heterocycles. The molecule has 86 valence electrons. The summed E-state index contributed by atoms with van der Waals surface area (Å²) in [4.78, 5) is 6.78. The number of aromatic nitrogens is 1. The van der Waals surface area contributed by atoms with E-state index < -0.39 is 0 Å². The first-order chi connectivity index (χ1) is 7.72. The zero-order chi connectivity index (χ0) is 11.5. The summed E-state index contributed by atoms with van der Waals surface area (Å²) in [7, 11) is 0. The molecule has 0 aliphatic heterocycles. The van der Waals surface area contributed by atoms with Gasteiger partial charge in [0.2, 0.25) is 0 Å². The summed E-state index contributed by atoms with van der Waals surface area (Å²) in [5.74, 6) is 1.03. The van der Waals surface area contributed by atoms with Crippen LogP contribution in [0.4, 0.5) is 5.82 Å². The quantitative estimate of drug-likeness (QED) is 0.769. The Morgan fingerprint density at radius 2 is 2.38 bits per heavy atom. The van der Waals surface area contributed by atoms with Gasteiger partial charge in [0.1, 0.15) is 5.82 Å². The summed E-state index contributed by atoms with van der Waals surface area (Å²) in [5, 5.41) is 0. The summed E-state index contributed by atoms with van der Waals surface area (Å²) in [6.07, 6.45) is 6.34. The molecule has 1 saturated carbocycles. The van der Waals surface area contributed by atoms with Gasteiger partial charge in [-0.1, -0.05) is 12.1 Å². The molecule has 0 bridgehead atoms. The zero-order valence-electron chi connectivity index (χ0n) is 9.76. The second-order valence-corrected chi connectivity index (χ2v) is 4.41. The van der Waals surface area contributed by atoms with Gasteiger partial charge in [0.15, 0.2) is 0 Å². The van der Waals surface area contributed by atoms with Crippen LogP contribution < -0.4 is 10.6 Å². The molecular weight excluding hydrogens is 198 g/mol. The molecule has 3 nitrogen and oxygen atoms in total. The summed E-state index contributed by atoms with van der Waals surface area (Å²) in [6, 6.07) is 4.83. The topological polar surface area (TPSA) is 42.1 Å². The van der Waals surface area contributed by atoms with E-state index in [0.717, 1.165) is 17.9 Å². The smallest absolute Gasteiger partial charge is 0.129 e. The summed E-state index contributed by atoms with van der Waals surface area (Å²) in [6.45, 7) is 6.63. The second-order valence-electron chi connectivity index (χ2n) is 4.41. The van der Waals surface area contributed by atoms with Crippen LogP contribution in [0, 0.1) is 0 Å². The number of rotatable bonds is 5. The lowest BCUT2D eigenvalue weighted by molar-refractivity contribution is 0.800. The third-order valence-corrected chi connectivity index (χ3v) is 2.90. The third kappa shape index (κ3) is 2.42. The van der Waals surface area contributed by atoms with Gasteiger partial charge in [0.25, 0.3) is 0 Å². The first kappa shape index (κ1) is 11.1. The van der Waals surface area contributed by atoms with E-state index in [0.29, 0.717) is 6.04 Å². The van der Waals surface area contributed by atoms with E-state index >= 15 is 0 Å². The molecule has 0 amide bonds. The van der Waals surface area contributed by atoms with Crippen LogP contribution in [0.25, 0.3) is 0 Å². The number of hydrogen-bond acceptors (Lipinski definition) is 3. The summed E-state index contributed by atoms with van der Waals surface area (Å²) >= 11 is 0. The summed E-state index contributed by atoms with van der Waals surface area (Å²) in [5.41, 5.74) is 6.88. The van der Waals surface area contributed by atoms with Crippen molar-refractivity contribution in [3.8, 4) is 0 Å². The Labute approximate surface area is 97.0 Å². The molecule has 0 saturated heterocycles. The fourth-order valence-electron chi connectivity index (χ4n) is 1.79. The van der Waals surface area contributed by atoms with Crippen molar-refractivity contribution >= 4 is 5.82 Å². The first-order valence-electron chi connectivity index (χ1n) is 5.81. The average molecular weight is 217 g/mol. The van der Waals surface area contributed by atoms with E-state index in [1.54, 1.807) is 0 Å². The minimum atomic E-state index is 0.0512. The van der Waals surface area contributed by atoms with E-state index in [1.807, 2.05) is 19.2 Å². The molecule has 1 aliphatic rings. The van der Waals surface area contributed by atoms with Crippen molar-refractivity contribution in [3.63, 3.8) is 0 Å². The Kier molecular flexibility index (Phi) is 3.25. The van der Waals surface area contributed by atoms with Gasteiger partial charge < -0.3 is 10.6 Å². The van der Waals surface area contributed by atoms with Gasteiger partial charge in [0, 0.05) is 24.8 Å². The molecule has 1 aromatic rings. The van der Waals surface area contributed by atoms with Crippen molar-refractivity contribution in [2.24, 2.45) is 5.73 Å². The summed E-state index contributed by atoms with van der Waals surface area (Å²) < 4.78 is 0. The van der Waals surface area contributed by atoms with Crippen LogP contribution in [0.2, 0.25) is 0 Å². The molecule has 1 atom stereocenters. The van der Waals surface area contributed by atoms with Crippen LogP contribution in [0.1, 0.15) is 31.4 Å². The van der Waals surface area contributed by atoms with E-state index in [4.69, 9.17) is 5.73 Å². The van der Waals surface area contributed by atoms with Gasteiger partial charge in [0.05, 0.1) is 0 Å². The molecule has 1 unspecified atom stereocenters. The normalized spacial score (nSPS) is 16.9. The number of nitrogens with zero attached hydrogens (tertiary/aromatic N) is 2. The van der Waals surface area contributed by atoms with Gasteiger partial charge in [-0.15, -0.1) is 6.58 Å². The maximum absolute atomic E-state index is 5.80. The highest BCUT2D eigenvalue weighted by molar-refractivity contribution is 5.43. The lowest BCUT2D eigenvalue weighted by atomic mass is 10.1. The molecule has 0 aromatic carbocycles. The fraction of sp³-hybridized carbons (Fsp3) is 0.462.